The molecule has 0 fully saturated rings. The number of fused-ring (bicyclic) bond motifs is 1. The highest BCUT2D eigenvalue weighted by atomic mass is 35.5. The lowest BCUT2D eigenvalue weighted by Gasteiger charge is -2.20. The minimum absolute atomic E-state index is 0.325. The number of halogens is 1. The van der Waals surface area contributed by atoms with Crippen LogP contribution in [0.3, 0.4) is 0 Å². The molecule has 0 bridgehead atoms. The first kappa shape index (κ1) is 11.0. The van der Waals surface area contributed by atoms with Gasteiger partial charge in [-0.2, -0.15) is 5.26 Å². The van der Waals surface area contributed by atoms with E-state index in [0.717, 1.165) is 16.9 Å². The quantitative estimate of drug-likeness (QED) is 0.740. The van der Waals surface area contributed by atoms with E-state index in [0.29, 0.717) is 23.1 Å². The van der Waals surface area contributed by atoms with E-state index in [9.17, 15) is 0 Å². The van der Waals surface area contributed by atoms with Crippen LogP contribution in [0.1, 0.15) is 30.9 Å². The van der Waals surface area contributed by atoms with Crippen LogP contribution in [-0.4, -0.2) is 6.61 Å². The van der Waals surface area contributed by atoms with Gasteiger partial charge in [0.25, 0.3) is 0 Å². The number of nitrogens with zero attached hydrogens (tertiary/aromatic N) is 1. The Balaban J connectivity index is 2.66. The van der Waals surface area contributed by atoms with Gasteiger partial charge in [0.05, 0.1) is 11.6 Å². The summed E-state index contributed by atoms with van der Waals surface area (Å²) in [5.41, 5.74) is 2.51. The van der Waals surface area contributed by atoms with Crippen molar-refractivity contribution in [1.82, 2.24) is 0 Å². The van der Waals surface area contributed by atoms with E-state index in [1.54, 1.807) is 12.1 Å². The van der Waals surface area contributed by atoms with Crippen molar-refractivity contribution in [3.8, 4) is 11.8 Å². The summed E-state index contributed by atoms with van der Waals surface area (Å²) in [7, 11) is 0. The van der Waals surface area contributed by atoms with Crippen LogP contribution in [0.15, 0.2) is 18.2 Å². The van der Waals surface area contributed by atoms with Crippen molar-refractivity contribution in [3.63, 3.8) is 0 Å². The van der Waals surface area contributed by atoms with Crippen LogP contribution in [-0.2, 0) is 0 Å². The average Bonchev–Trinajstić information content (AvgIpc) is 2.27. The molecular weight excluding hydrogens is 222 g/mol. The van der Waals surface area contributed by atoms with Crippen molar-refractivity contribution < 1.29 is 4.74 Å². The second-order valence-electron chi connectivity index (χ2n) is 4.07. The molecule has 0 radical (unpaired) electrons. The molecule has 0 aliphatic carbocycles. The van der Waals surface area contributed by atoms with E-state index in [-0.39, 0.29) is 0 Å². The van der Waals surface area contributed by atoms with Crippen molar-refractivity contribution >= 4 is 17.2 Å². The fourth-order valence-electron chi connectivity index (χ4n) is 1.83. The van der Waals surface area contributed by atoms with Crippen molar-refractivity contribution in [2.45, 2.75) is 19.8 Å². The molecule has 16 heavy (non-hydrogen) atoms. The van der Waals surface area contributed by atoms with Crippen LogP contribution in [0.5, 0.6) is 5.75 Å². The number of rotatable bonds is 1. The predicted molar refractivity (Wildman–Crippen MR) is 64.6 cm³/mol. The van der Waals surface area contributed by atoms with Gasteiger partial charge in [0, 0.05) is 10.6 Å². The molecule has 82 valence electrons. The SMILES string of the molecule is CC(C)c1cc(Cl)cc2c1OCC=C2C#N. The van der Waals surface area contributed by atoms with Gasteiger partial charge in [-0.25, -0.2) is 0 Å². The number of hydrogen-bond acceptors (Lipinski definition) is 2. The first-order valence-corrected chi connectivity index (χ1v) is 5.58. The summed E-state index contributed by atoms with van der Waals surface area (Å²) in [6, 6.07) is 5.87. The highest BCUT2D eigenvalue weighted by molar-refractivity contribution is 6.31. The predicted octanol–water partition coefficient (Wildman–Crippen LogP) is 3.76. The van der Waals surface area contributed by atoms with Crippen molar-refractivity contribution in [2.24, 2.45) is 0 Å². The lowest BCUT2D eigenvalue weighted by molar-refractivity contribution is 0.352. The molecular formula is C13H12ClNO. The Morgan fingerprint density at radius 3 is 2.81 bits per heavy atom. The summed E-state index contributed by atoms with van der Waals surface area (Å²) in [6.07, 6.45) is 1.78. The molecule has 0 atom stereocenters. The molecule has 0 N–H and O–H groups in total. The lowest BCUT2D eigenvalue weighted by atomic mass is 9.94. The Labute approximate surface area is 100 Å². The van der Waals surface area contributed by atoms with E-state index in [1.807, 2.05) is 6.07 Å². The Morgan fingerprint density at radius 2 is 2.19 bits per heavy atom. The molecule has 0 spiro atoms. The minimum Gasteiger partial charge on any atom is -0.489 e. The Morgan fingerprint density at radius 1 is 1.44 bits per heavy atom. The molecule has 1 aromatic rings. The highest BCUT2D eigenvalue weighted by Crippen LogP contribution is 2.38. The molecule has 0 saturated heterocycles. The largest absolute Gasteiger partial charge is 0.489 e. The Bertz CT molecular complexity index is 497. The molecule has 2 nitrogen and oxygen atoms in total. The summed E-state index contributed by atoms with van der Waals surface area (Å²) in [4.78, 5) is 0. The van der Waals surface area contributed by atoms with E-state index in [2.05, 4.69) is 19.9 Å². The van der Waals surface area contributed by atoms with E-state index < -0.39 is 0 Å². The summed E-state index contributed by atoms with van der Waals surface area (Å²) in [6.45, 7) is 4.62. The standard InChI is InChI=1S/C13H12ClNO/c1-8(2)11-5-10(14)6-12-9(7-15)3-4-16-13(11)12/h3,5-6,8H,4H2,1-2H3. The molecule has 0 amide bonds. The molecule has 1 aliphatic rings. The zero-order valence-corrected chi connectivity index (χ0v) is 10.0. The topological polar surface area (TPSA) is 33.0 Å². The molecule has 0 aromatic heterocycles. The number of allylic oxidation sites excluding steroid dienone is 1. The van der Waals surface area contributed by atoms with Gasteiger partial charge in [-0.3, -0.25) is 0 Å². The lowest BCUT2D eigenvalue weighted by Crippen LogP contribution is -2.07. The smallest absolute Gasteiger partial charge is 0.131 e. The molecule has 0 unspecified atom stereocenters. The zero-order valence-electron chi connectivity index (χ0n) is 9.25. The number of nitriles is 1. The van der Waals surface area contributed by atoms with Crippen molar-refractivity contribution in [1.29, 1.82) is 5.26 Å². The van der Waals surface area contributed by atoms with E-state index >= 15 is 0 Å². The van der Waals surface area contributed by atoms with Gasteiger partial charge in [-0.1, -0.05) is 25.4 Å². The van der Waals surface area contributed by atoms with Crippen LogP contribution in [0, 0.1) is 11.3 Å². The second kappa shape index (κ2) is 4.19. The Hall–Kier alpha value is -1.46. The zero-order chi connectivity index (χ0) is 11.7. The van der Waals surface area contributed by atoms with Gasteiger partial charge in [-0.05, 0) is 29.7 Å². The summed E-state index contributed by atoms with van der Waals surface area (Å²) >= 11 is 6.06. The molecule has 1 aromatic carbocycles. The van der Waals surface area contributed by atoms with Crippen LogP contribution < -0.4 is 4.74 Å². The minimum atomic E-state index is 0.325. The molecule has 1 aliphatic heterocycles. The summed E-state index contributed by atoms with van der Waals surface area (Å²) < 4.78 is 5.62. The van der Waals surface area contributed by atoms with Crippen molar-refractivity contribution in [3.05, 3.63) is 34.4 Å². The monoisotopic (exact) mass is 233 g/mol. The second-order valence-corrected chi connectivity index (χ2v) is 4.50. The van der Waals surface area contributed by atoms with Crippen molar-refractivity contribution in [2.75, 3.05) is 6.61 Å². The molecule has 1 heterocycles. The highest BCUT2D eigenvalue weighted by Gasteiger charge is 2.19. The van der Waals surface area contributed by atoms with Gasteiger partial charge in [-0.15, -0.1) is 0 Å². The number of benzene rings is 1. The summed E-state index contributed by atoms with van der Waals surface area (Å²) in [5.74, 6) is 1.13. The third-order valence-corrected chi connectivity index (χ3v) is 2.85. The van der Waals surface area contributed by atoms with Crippen LogP contribution in [0.4, 0.5) is 0 Å². The van der Waals surface area contributed by atoms with Gasteiger partial charge in [0.15, 0.2) is 0 Å². The number of ether oxygens (including phenoxy) is 1. The third kappa shape index (κ3) is 1.79. The van der Waals surface area contributed by atoms with Gasteiger partial charge >= 0.3 is 0 Å². The van der Waals surface area contributed by atoms with Gasteiger partial charge in [0.1, 0.15) is 12.4 Å². The van der Waals surface area contributed by atoms with Gasteiger partial charge in [0.2, 0.25) is 0 Å². The fourth-order valence-corrected chi connectivity index (χ4v) is 2.06. The normalized spacial score (nSPS) is 13.8. The van der Waals surface area contributed by atoms with E-state index in [1.165, 1.54) is 0 Å². The van der Waals surface area contributed by atoms with E-state index in [4.69, 9.17) is 21.6 Å². The van der Waals surface area contributed by atoms with Crippen LogP contribution in [0.25, 0.3) is 5.57 Å². The third-order valence-electron chi connectivity index (χ3n) is 2.63. The van der Waals surface area contributed by atoms with Gasteiger partial charge < -0.3 is 4.74 Å². The molecule has 3 heteroatoms. The number of hydrogen-bond donors (Lipinski definition) is 0. The van der Waals surface area contributed by atoms with Crippen LogP contribution >= 0.6 is 11.6 Å². The molecule has 2 rings (SSSR count). The maximum absolute atomic E-state index is 9.04. The fraction of sp³-hybridized carbons (Fsp3) is 0.308. The average molecular weight is 234 g/mol. The first-order valence-electron chi connectivity index (χ1n) is 5.20. The molecule has 0 saturated carbocycles. The first-order chi connectivity index (χ1) is 7.63. The maximum atomic E-state index is 9.04. The maximum Gasteiger partial charge on any atom is 0.131 e. The Kier molecular flexibility index (Phi) is 2.89. The van der Waals surface area contributed by atoms with Crippen LogP contribution in [0.2, 0.25) is 5.02 Å². The summed E-state index contributed by atoms with van der Waals surface area (Å²) in [5, 5.41) is 9.69.